The van der Waals surface area contributed by atoms with E-state index in [0.29, 0.717) is 17.9 Å². The Morgan fingerprint density at radius 1 is 1.11 bits per heavy atom. The van der Waals surface area contributed by atoms with Gasteiger partial charge in [-0.05, 0) is 56.3 Å². The van der Waals surface area contributed by atoms with Crippen molar-refractivity contribution in [2.45, 2.75) is 76.9 Å². The van der Waals surface area contributed by atoms with E-state index >= 15 is 0 Å². The van der Waals surface area contributed by atoms with Crippen molar-refractivity contribution < 1.29 is 9.84 Å². The lowest BCUT2D eigenvalue weighted by atomic mass is 9.68. The number of ether oxygens (including phenoxy) is 1. The van der Waals surface area contributed by atoms with Gasteiger partial charge in [0.1, 0.15) is 0 Å². The largest absolute Gasteiger partial charge is 0.393 e. The molecule has 18 heavy (non-hydrogen) atoms. The molecule has 2 saturated carbocycles. The maximum absolute atomic E-state index is 10.3. The zero-order valence-electron chi connectivity index (χ0n) is 12.1. The van der Waals surface area contributed by atoms with Crippen LogP contribution in [0.3, 0.4) is 0 Å². The van der Waals surface area contributed by atoms with E-state index in [1.165, 1.54) is 51.4 Å². The smallest absolute Gasteiger partial charge is 0.0574 e. The quantitative estimate of drug-likeness (QED) is 0.827. The molecule has 0 aliphatic heterocycles. The van der Waals surface area contributed by atoms with E-state index in [0.717, 1.165) is 12.3 Å². The van der Waals surface area contributed by atoms with Gasteiger partial charge in [-0.2, -0.15) is 0 Å². The highest BCUT2D eigenvalue weighted by Gasteiger charge is 2.36. The normalized spacial score (nSPS) is 41.8. The van der Waals surface area contributed by atoms with Gasteiger partial charge in [-0.15, -0.1) is 0 Å². The van der Waals surface area contributed by atoms with Crippen molar-refractivity contribution in [3.63, 3.8) is 0 Å². The predicted octanol–water partition coefficient (Wildman–Crippen LogP) is 3.77. The summed E-state index contributed by atoms with van der Waals surface area (Å²) in [5.74, 6) is 2.12. The summed E-state index contributed by atoms with van der Waals surface area (Å²) in [5, 5.41) is 10.3. The van der Waals surface area contributed by atoms with E-state index in [1.807, 2.05) is 7.11 Å². The molecule has 5 unspecified atom stereocenters. The molecule has 0 aromatic heterocycles. The monoisotopic (exact) mass is 254 g/mol. The molecule has 0 radical (unpaired) electrons. The third-order valence-electron chi connectivity index (χ3n) is 5.27. The minimum atomic E-state index is -0.0429. The summed E-state index contributed by atoms with van der Waals surface area (Å²) in [6, 6.07) is 0. The van der Waals surface area contributed by atoms with E-state index < -0.39 is 0 Å². The number of aliphatic hydroxyl groups is 1. The zero-order valence-corrected chi connectivity index (χ0v) is 12.1. The topological polar surface area (TPSA) is 29.5 Å². The fourth-order valence-electron chi connectivity index (χ4n) is 4.24. The Kier molecular flexibility index (Phi) is 5.50. The van der Waals surface area contributed by atoms with E-state index in [9.17, 15) is 5.11 Å². The van der Waals surface area contributed by atoms with Crippen LogP contribution in [0.5, 0.6) is 0 Å². The first kappa shape index (κ1) is 14.3. The van der Waals surface area contributed by atoms with Gasteiger partial charge in [0.2, 0.25) is 0 Å². The number of aliphatic hydroxyl groups excluding tert-OH is 1. The second-order valence-corrected chi connectivity index (χ2v) is 6.48. The molecule has 2 nitrogen and oxygen atoms in total. The first-order valence-electron chi connectivity index (χ1n) is 7.95. The molecule has 0 saturated heterocycles. The van der Waals surface area contributed by atoms with E-state index in [1.54, 1.807) is 0 Å². The van der Waals surface area contributed by atoms with Crippen LogP contribution in [0.4, 0.5) is 0 Å². The summed E-state index contributed by atoms with van der Waals surface area (Å²) in [6.45, 7) is 2.28. The Bertz CT molecular complexity index is 241. The summed E-state index contributed by atoms with van der Waals surface area (Å²) in [5.41, 5.74) is 0. The first-order chi connectivity index (χ1) is 8.74. The molecule has 2 aliphatic carbocycles. The van der Waals surface area contributed by atoms with Gasteiger partial charge in [0.25, 0.3) is 0 Å². The van der Waals surface area contributed by atoms with E-state index in [-0.39, 0.29) is 6.10 Å². The third kappa shape index (κ3) is 3.48. The lowest BCUT2D eigenvalue weighted by Gasteiger charge is -2.41. The number of hydrogen-bond acceptors (Lipinski definition) is 2. The Hall–Kier alpha value is -0.0800. The van der Waals surface area contributed by atoms with Gasteiger partial charge < -0.3 is 9.84 Å². The van der Waals surface area contributed by atoms with Gasteiger partial charge in [0.15, 0.2) is 0 Å². The number of rotatable bonds is 4. The highest BCUT2D eigenvalue weighted by atomic mass is 16.5. The Morgan fingerprint density at radius 3 is 2.67 bits per heavy atom. The van der Waals surface area contributed by atoms with Crippen molar-refractivity contribution in [2.75, 3.05) is 7.11 Å². The highest BCUT2D eigenvalue weighted by molar-refractivity contribution is 4.87. The molecule has 1 N–H and O–H groups in total. The standard InChI is InChI=1S/C16H30O2/c1-3-5-12-8-9-16(17)15(10-12)13-6-4-7-14(11-13)18-2/h12-17H,3-11H2,1-2H3. The maximum atomic E-state index is 10.3. The van der Waals surface area contributed by atoms with Gasteiger partial charge >= 0.3 is 0 Å². The molecule has 0 spiro atoms. The van der Waals surface area contributed by atoms with Crippen LogP contribution in [0.25, 0.3) is 0 Å². The summed E-state index contributed by atoms with van der Waals surface area (Å²) < 4.78 is 5.54. The average Bonchev–Trinajstić information content (AvgIpc) is 2.41. The molecule has 2 heteroatoms. The molecule has 2 rings (SSSR count). The Labute approximate surface area is 112 Å². The minimum absolute atomic E-state index is 0.0429. The molecule has 2 fully saturated rings. The van der Waals surface area contributed by atoms with Gasteiger partial charge in [-0.25, -0.2) is 0 Å². The summed E-state index contributed by atoms with van der Waals surface area (Å²) >= 11 is 0. The summed E-state index contributed by atoms with van der Waals surface area (Å²) in [6.07, 6.45) is 11.6. The van der Waals surface area contributed by atoms with Gasteiger partial charge in [0.05, 0.1) is 12.2 Å². The molecule has 5 atom stereocenters. The van der Waals surface area contributed by atoms with E-state index in [4.69, 9.17) is 4.74 Å². The second kappa shape index (κ2) is 6.91. The number of methoxy groups -OCH3 is 1. The first-order valence-corrected chi connectivity index (χ1v) is 7.95. The SMILES string of the molecule is CCCC1CCC(O)C(C2CCCC(OC)C2)C1. The van der Waals surface area contributed by atoms with Crippen molar-refractivity contribution in [3.8, 4) is 0 Å². The predicted molar refractivity (Wildman–Crippen MR) is 74.5 cm³/mol. The molecule has 2 aliphatic rings. The van der Waals surface area contributed by atoms with Crippen molar-refractivity contribution in [1.29, 1.82) is 0 Å². The van der Waals surface area contributed by atoms with Crippen LogP contribution in [0, 0.1) is 17.8 Å². The van der Waals surface area contributed by atoms with Crippen LogP contribution in [0.2, 0.25) is 0 Å². The number of hydrogen-bond donors (Lipinski definition) is 1. The summed E-state index contributed by atoms with van der Waals surface area (Å²) in [7, 11) is 1.84. The van der Waals surface area contributed by atoms with Crippen molar-refractivity contribution in [2.24, 2.45) is 17.8 Å². The van der Waals surface area contributed by atoms with Crippen LogP contribution in [0.15, 0.2) is 0 Å². The van der Waals surface area contributed by atoms with E-state index in [2.05, 4.69) is 6.92 Å². The van der Waals surface area contributed by atoms with Crippen LogP contribution in [0.1, 0.15) is 64.7 Å². The van der Waals surface area contributed by atoms with Crippen molar-refractivity contribution in [3.05, 3.63) is 0 Å². The molecule has 0 aromatic carbocycles. The Balaban J connectivity index is 1.92. The van der Waals surface area contributed by atoms with Crippen molar-refractivity contribution in [1.82, 2.24) is 0 Å². The molecule has 0 aromatic rings. The van der Waals surface area contributed by atoms with Gasteiger partial charge in [-0.1, -0.05) is 26.2 Å². The minimum Gasteiger partial charge on any atom is -0.393 e. The van der Waals surface area contributed by atoms with Crippen LogP contribution >= 0.6 is 0 Å². The van der Waals surface area contributed by atoms with Crippen molar-refractivity contribution >= 4 is 0 Å². The lowest BCUT2D eigenvalue weighted by Crippen LogP contribution is -2.37. The lowest BCUT2D eigenvalue weighted by molar-refractivity contribution is -0.0249. The molecule has 106 valence electrons. The molecule has 0 bridgehead atoms. The molecule has 0 amide bonds. The second-order valence-electron chi connectivity index (χ2n) is 6.48. The van der Waals surface area contributed by atoms with Crippen LogP contribution < -0.4 is 0 Å². The fourth-order valence-corrected chi connectivity index (χ4v) is 4.24. The van der Waals surface area contributed by atoms with Crippen LogP contribution in [-0.4, -0.2) is 24.4 Å². The third-order valence-corrected chi connectivity index (χ3v) is 5.27. The zero-order chi connectivity index (χ0) is 13.0. The molecular weight excluding hydrogens is 224 g/mol. The summed E-state index contributed by atoms with van der Waals surface area (Å²) in [4.78, 5) is 0. The van der Waals surface area contributed by atoms with Gasteiger partial charge in [-0.3, -0.25) is 0 Å². The molecular formula is C16H30O2. The molecule has 0 heterocycles. The maximum Gasteiger partial charge on any atom is 0.0574 e. The average molecular weight is 254 g/mol. The Morgan fingerprint density at radius 2 is 1.94 bits per heavy atom. The van der Waals surface area contributed by atoms with Gasteiger partial charge in [0, 0.05) is 7.11 Å². The van der Waals surface area contributed by atoms with Crippen LogP contribution in [-0.2, 0) is 4.74 Å². The highest BCUT2D eigenvalue weighted by Crippen LogP contribution is 2.42. The fraction of sp³-hybridized carbons (Fsp3) is 1.00.